The van der Waals surface area contributed by atoms with Crippen molar-refractivity contribution in [2.24, 2.45) is 0 Å². The molecular weight excluding hydrogens is 1140 g/mol. The number of rotatable bonds is 6. The number of fused-ring (bicyclic) bond motifs is 5. The van der Waals surface area contributed by atoms with Crippen molar-refractivity contribution in [1.82, 2.24) is 0 Å². The molecule has 8 aromatic rings. The van der Waals surface area contributed by atoms with Crippen LogP contribution < -0.4 is 10.4 Å². The Morgan fingerprint density at radius 1 is 0.487 bits per heavy atom. The molecule has 1 aliphatic heterocycles. The van der Waals surface area contributed by atoms with Crippen LogP contribution in [0.1, 0.15) is 113 Å². The van der Waals surface area contributed by atoms with Gasteiger partial charge in [-0.05, 0) is 71.2 Å². The molecule has 402 valence electrons. The van der Waals surface area contributed by atoms with Crippen LogP contribution in [0.4, 0.5) is 52.7 Å². The third-order valence-electron chi connectivity index (χ3n) is 12.8. The Kier molecular flexibility index (Phi) is 19.0. The molecule has 1 aliphatic rings. The maximum atomic E-state index is 13.4. The first-order valence-electron chi connectivity index (χ1n) is 24.2. The van der Waals surface area contributed by atoms with Gasteiger partial charge in [0.2, 0.25) is 0 Å². The second-order valence-corrected chi connectivity index (χ2v) is 25.5. The Morgan fingerprint density at radius 3 is 1.21 bits per heavy atom. The minimum absolute atomic E-state index is 0.0581. The molecule has 0 unspecified atom stereocenters. The number of hydrogen-bond donors (Lipinski definition) is 0. The van der Waals surface area contributed by atoms with E-state index in [1.165, 1.54) is 21.5 Å². The molecule has 0 saturated carbocycles. The minimum atomic E-state index is -4.88. The zero-order chi connectivity index (χ0) is 56.3. The summed E-state index contributed by atoms with van der Waals surface area (Å²) in [6.45, 7) is 15.9. The smallest absolute Gasteiger partial charge is 0.0920 e. The van der Waals surface area contributed by atoms with E-state index in [1.54, 1.807) is 12.1 Å². The van der Waals surface area contributed by atoms with Crippen LogP contribution in [0.5, 0.6) is 0 Å². The monoisotopic (exact) mass is 1190 g/mol. The summed E-state index contributed by atoms with van der Waals surface area (Å²) in [6, 6.07) is 36.9. The Bertz CT molecular complexity index is 3010. The van der Waals surface area contributed by atoms with Crippen molar-refractivity contribution in [3.8, 4) is 33.4 Å². The Labute approximate surface area is 457 Å². The van der Waals surface area contributed by atoms with Crippen molar-refractivity contribution in [3.63, 3.8) is 0 Å². The van der Waals surface area contributed by atoms with Gasteiger partial charge in [-0.2, -0.15) is 94.3 Å². The molecule has 0 saturated heterocycles. The zero-order valence-corrected chi connectivity index (χ0v) is 47.7. The van der Waals surface area contributed by atoms with Gasteiger partial charge in [0.05, 0.1) is 31.8 Å². The van der Waals surface area contributed by atoms with Crippen molar-refractivity contribution in [2.45, 2.75) is 117 Å². The van der Waals surface area contributed by atoms with Gasteiger partial charge in [-0.3, -0.25) is 0 Å². The fourth-order valence-corrected chi connectivity index (χ4v) is 10.4. The fraction of sp³-hybridized carbons (Fsp3) is 0.300. The van der Waals surface area contributed by atoms with Crippen molar-refractivity contribution < 1.29 is 73.5 Å². The van der Waals surface area contributed by atoms with E-state index < -0.39 is 67.8 Å². The molecule has 0 bridgehead atoms. The van der Waals surface area contributed by atoms with E-state index in [1.807, 2.05) is 97.9 Å². The van der Waals surface area contributed by atoms with E-state index in [4.69, 9.17) is 17.0 Å². The summed E-state index contributed by atoms with van der Waals surface area (Å²) in [6.07, 6.45) is -17.0. The molecule has 0 aromatic heterocycles. The summed E-state index contributed by atoms with van der Waals surface area (Å²) in [5.41, 5.74) is 1.39. The third kappa shape index (κ3) is 14.5. The van der Waals surface area contributed by atoms with Gasteiger partial charge in [0, 0.05) is 0 Å². The van der Waals surface area contributed by atoms with Gasteiger partial charge in [-0.25, -0.2) is 0 Å². The largest absolute Gasteiger partial charge is 0.184 e. The second kappa shape index (κ2) is 23.8. The number of halogens is 14. The van der Waals surface area contributed by atoms with Crippen molar-refractivity contribution >= 4 is 58.5 Å². The van der Waals surface area contributed by atoms with Crippen molar-refractivity contribution in [1.29, 1.82) is 0 Å². The topological polar surface area (TPSA) is 0 Å². The van der Waals surface area contributed by atoms with Crippen molar-refractivity contribution in [3.05, 3.63) is 178 Å². The molecule has 0 atom stereocenters. The maximum absolute atomic E-state index is 13.4. The Hall–Kier alpha value is -4.62. The van der Waals surface area contributed by atoms with Gasteiger partial charge in [0.1, 0.15) is 0 Å². The molecule has 0 spiro atoms. The summed E-state index contributed by atoms with van der Waals surface area (Å²) in [5, 5.41) is 5.79. The fourth-order valence-electron chi connectivity index (χ4n) is 9.08. The number of hydrogen-bond acceptors (Lipinski definition) is 0. The molecular formula is C60H53Cl2F12SiZr-3. The third-order valence-corrected chi connectivity index (χ3v) is 14.2. The standard InChI is InChI=1S/2C24H23F6.C12H7Si.2ClH.Zr/c2*1-5-6-14-7-8-15-9-17(22(2,3)4)13-20(15)21(14)16-10-18(23(25,26)27)12-19(11-16)24(28,29)30;1-3-7-11-9(5-1)10-6-2-4-8-12(10)13-11;;;/h2*7-13H,5-6H2,1-4H3;1-7H;2*1H;/q3*-1;;;+2/p-2. The summed E-state index contributed by atoms with van der Waals surface area (Å²) in [7, 11) is 10.7. The predicted octanol–water partition coefficient (Wildman–Crippen LogP) is 19.5. The van der Waals surface area contributed by atoms with Gasteiger partial charge < -0.3 is 0 Å². The normalized spacial score (nSPS) is 12.8. The summed E-state index contributed by atoms with van der Waals surface area (Å²) >= 11 is -0.826. The minimum Gasteiger partial charge on any atom is -0.184 e. The molecule has 0 amide bonds. The quantitative estimate of drug-likeness (QED) is 0.0884. The molecule has 8 aromatic carbocycles. The Morgan fingerprint density at radius 2 is 0.855 bits per heavy atom. The van der Waals surface area contributed by atoms with E-state index >= 15 is 0 Å². The average molecular weight is 1190 g/mol. The predicted molar refractivity (Wildman–Crippen MR) is 283 cm³/mol. The number of benzene rings is 6. The molecule has 2 radical (unpaired) electrons. The van der Waals surface area contributed by atoms with Gasteiger partial charge >= 0.3 is 62.6 Å². The molecule has 0 aliphatic carbocycles. The van der Waals surface area contributed by atoms with E-state index in [-0.39, 0.29) is 34.1 Å². The van der Waals surface area contributed by atoms with Crippen LogP contribution in [-0.2, 0) is 69.2 Å². The number of alkyl halides is 12. The van der Waals surface area contributed by atoms with Crippen LogP contribution in [0, 0.1) is 6.07 Å². The Balaban J connectivity index is 0.000000192. The van der Waals surface area contributed by atoms with Crippen molar-refractivity contribution in [2.75, 3.05) is 0 Å². The van der Waals surface area contributed by atoms with Gasteiger partial charge in [0.15, 0.2) is 0 Å². The van der Waals surface area contributed by atoms with Gasteiger partial charge in [-0.15, -0.1) is 74.6 Å². The van der Waals surface area contributed by atoms with Gasteiger partial charge in [-0.1, -0.05) is 126 Å². The first-order valence-corrected chi connectivity index (χ1v) is 31.5. The van der Waals surface area contributed by atoms with Crippen LogP contribution in [0.25, 0.3) is 54.9 Å². The van der Waals surface area contributed by atoms with Gasteiger partial charge in [0.25, 0.3) is 0 Å². The molecule has 16 heteroatoms. The van der Waals surface area contributed by atoms with Crippen LogP contribution in [0.15, 0.2) is 127 Å². The zero-order valence-electron chi connectivity index (χ0n) is 42.7. The van der Waals surface area contributed by atoms with Crippen LogP contribution in [0.2, 0.25) is 0 Å². The maximum Gasteiger partial charge on any atom is 0.0920 e. The molecule has 76 heavy (non-hydrogen) atoms. The second-order valence-electron chi connectivity index (χ2n) is 20.5. The molecule has 0 N–H and O–H groups in total. The van der Waals surface area contributed by atoms with E-state index in [9.17, 15) is 52.7 Å². The van der Waals surface area contributed by atoms with E-state index in [2.05, 4.69) is 42.5 Å². The molecule has 0 nitrogen and oxygen atoms in total. The van der Waals surface area contributed by atoms with Crippen LogP contribution in [0.3, 0.4) is 0 Å². The average Bonchev–Trinajstić information content (AvgIpc) is 4.07. The van der Waals surface area contributed by atoms with E-state index in [0.29, 0.717) is 34.7 Å². The molecule has 9 rings (SSSR count). The number of aryl methyl sites for hydroxylation is 2. The summed E-state index contributed by atoms with van der Waals surface area (Å²) < 4.78 is 161. The molecule has 0 fully saturated rings. The van der Waals surface area contributed by atoms with Crippen LogP contribution >= 0.6 is 17.0 Å². The molecule has 1 heterocycles. The summed E-state index contributed by atoms with van der Waals surface area (Å²) in [4.78, 5) is 0. The first-order chi connectivity index (χ1) is 35.3. The van der Waals surface area contributed by atoms with Crippen LogP contribution in [-0.4, -0.2) is 9.52 Å². The summed E-state index contributed by atoms with van der Waals surface area (Å²) in [5.74, 6) is 0. The SMILES string of the molecule is CCCc1ccc2[cH-]c(C(C)(C)C)cc2c1-c1cc(C(F)(F)F)cc(C(F)(F)F)c1.CCCc1ccc2[cH-]c(C(C)(C)C)cc2c1-c1cc(C(F)(F)F)cc(C(F)(F)F)c1.[Cl][Zr][Cl].[c-]1cccc2c1[Si]c1ccccc1-2. The van der Waals surface area contributed by atoms with E-state index in [0.717, 1.165) is 79.7 Å². The first kappa shape index (κ1) is 60.6.